The number of hydrogen-bond acceptors (Lipinski definition) is 4. The molecule has 0 aliphatic rings. The molecule has 0 saturated carbocycles. The van der Waals surface area contributed by atoms with Gasteiger partial charge in [0, 0.05) is 19.1 Å². The Kier molecular flexibility index (Phi) is 4.89. The molecule has 1 aromatic rings. The van der Waals surface area contributed by atoms with Gasteiger partial charge in [0.05, 0.1) is 0 Å². The van der Waals surface area contributed by atoms with E-state index in [1.807, 2.05) is 7.05 Å². The van der Waals surface area contributed by atoms with Gasteiger partial charge in [0.1, 0.15) is 5.82 Å². The van der Waals surface area contributed by atoms with Gasteiger partial charge in [0.2, 0.25) is 0 Å². The molecule has 4 nitrogen and oxygen atoms in total. The summed E-state index contributed by atoms with van der Waals surface area (Å²) in [5.74, 6) is 0.347. The van der Waals surface area contributed by atoms with Crippen LogP contribution in [0.2, 0.25) is 0 Å². The molecule has 18 heavy (non-hydrogen) atoms. The summed E-state index contributed by atoms with van der Waals surface area (Å²) in [6.07, 6.45) is -4.44. The van der Waals surface area contributed by atoms with Gasteiger partial charge in [-0.1, -0.05) is 0 Å². The molecular weight excluding hydrogens is 245 g/mol. The molecule has 102 valence electrons. The molecule has 1 N–H and O–H groups in total. The van der Waals surface area contributed by atoms with Crippen LogP contribution in [-0.2, 0) is 6.18 Å². The van der Waals surface area contributed by atoms with E-state index in [1.165, 1.54) is 6.07 Å². The van der Waals surface area contributed by atoms with Gasteiger partial charge in [0.15, 0.2) is 5.69 Å². The Morgan fingerprint density at radius 1 is 1.28 bits per heavy atom. The van der Waals surface area contributed by atoms with Crippen molar-refractivity contribution in [1.82, 2.24) is 15.1 Å². The van der Waals surface area contributed by atoms with Gasteiger partial charge >= 0.3 is 6.18 Å². The molecule has 0 aliphatic carbocycles. The second kappa shape index (κ2) is 5.99. The van der Waals surface area contributed by atoms with Gasteiger partial charge in [-0.05, 0) is 33.0 Å². The molecule has 0 amide bonds. The fourth-order valence-corrected chi connectivity index (χ4v) is 1.20. The molecule has 0 aliphatic heterocycles. The molecule has 0 spiro atoms. The lowest BCUT2D eigenvalue weighted by Crippen LogP contribution is -2.31. The van der Waals surface area contributed by atoms with Crippen LogP contribution < -0.4 is 5.32 Å². The van der Waals surface area contributed by atoms with Crippen molar-refractivity contribution >= 4 is 5.82 Å². The van der Waals surface area contributed by atoms with E-state index in [-0.39, 0.29) is 0 Å². The molecule has 0 saturated heterocycles. The highest BCUT2D eigenvalue weighted by atomic mass is 19.4. The van der Waals surface area contributed by atoms with Gasteiger partial charge in [-0.2, -0.15) is 13.2 Å². The van der Waals surface area contributed by atoms with E-state index in [0.29, 0.717) is 18.4 Å². The summed E-state index contributed by atoms with van der Waals surface area (Å²) >= 11 is 0. The van der Waals surface area contributed by atoms with Crippen molar-refractivity contribution in [3.8, 4) is 0 Å². The highest BCUT2D eigenvalue weighted by molar-refractivity contribution is 5.33. The minimum atomic E-state index is -4.44. The Balaban J connectivity index is 2.45. The third-order valence-electron chi connectivity index (χ3n) is 2.61. The minimum Gasteiger partial charge on any atom is -0.367 e. The number of likely N-dealkylation sites (N-methyl/N-ethyl adjacent to an activating group) is 1. The summed E-state index contributed by atoms with van der Waals surface area (Å²) in [4.78, 5) is 2.12. The lowest BCUT2D eigenvalue weighted by Gasteiger charge is -2.20. The molecule has 0 atom stereocenters. The van der Waals surface area contributed by atoms with Crippen LogP contribution in [0.5, 0.6) is 0 Å². The third kappa shape index (κ3) is 4.48. The van der Waals surface area contributed by atoms with Gasteiger partial charge in [-0.15, -0.1) is 10.2 Å². The first-order chi connectivity index (χ1) is 8.30. The fraction of sp³-hybridized carbons (Fsp3) is 0.636. The normalized spacial score (nSPS) is 12.2. The van der Waals surface area contributed by atoms with Crippen LogP contribution in [0.25, 0.3) is 0 Å². The van der Waals surface area contributed by atoms with Crippen LogP contribution in [0.4, 0.5) is 19.0 Å². The minimum absolute atomic E-state index is 0.347. The number of nitrogens with zero attached hydrogens (tertiary/aromatic N) is 3. The zero-order valence-corrected chi connectivity index (χ0v) is 10.6. The Bertz CT molecular complexity index is 362. The van der Waals surface area contributed by atoms with E-state index in [1.54, 1.807) is 0 Å². The van der Waals surface area contributed by atoms with Crippen LogP contribution in [0, 0.1) is 0 Å². The largest absolute Gasteiger partial charge is 0.435 e. The van der Waals surface area contributed by atoms with Gasteiger partial charge in [0.25, 0.3) is 0 Å². The molecule has 0 aromatic carbocycles. The third-order valence-corrected chi connectivity index (χ3v) is 2.61. The van der Waals surface area contributed by atoms with E-state index < -0.39 is 11.9 Å². The standard InChI is InChI=1S/C11H17F3N4/c1-8(2)18(3)7-6-15-10-5-4-9(16-17-10)11(12,13)14/h4-5,8H,6-7H2,1-3H3,(H,15,17). The second-order valence-electron chi connectivity index (χ2n) is 4.30. The van der Waals surface area contributed by atoms with Crippen LogP contribution in [-0.4, -0.2) is 41.3 Å². The Morgan fingerprint density at radius 2 is 1.94 bits per heavy atom. The molecule has 1 rings (SSSR count). The Hall–Kier alpha value is -1.37. The van der Waals surface area contributed by atoms with E-state index in [9.17, 15) is 13.2 Å². The number of hydrogen-bond donors (Lipinski definition) is 1. The highest BCUT2D eigenvalue weighted by Gasteiger charge is 2.32. The predicted molar refractivity (Wildman–Crippen MR) is 63.3 cm³/mol. The van der Waals surface area contributed by atoms with Crippen molar-refractivity contribution in [1.29, 1.82) is 0 Å². The van der Waals surface area contributed by atoms with E-state index >= 15 is 0 Å². The molecule has 0 unspecified atom stereocenters. The second-order valence-corrected chi connectivity index (χ2v) is 4.30. The van der Waals surface area contributed by atoms with Crippen molar-refractivity contribution in [2.45, 2.75) is 26.1 Å². The van der Waals surface area contributed by atoms with Crippen molar-refractivity contribution in [2.75, 3.05) is 25.5 Å². The van der Waals surface area contributed by atoms with Crippen molar-refractivity contribution in [3.63, 3.8) is 0 Å². The van der Waals surface area contributed by atoms with Gasteiger partial charge in [-0.25, -0.2) is 0 Å². The van der Waals surface area contributed by atoms with Crippen molar-refractivity contribution < 1.29 is 13.2 Å². The summed E-state index contributed by atoms with van der Waals surface area (Å²) in [6.45, 7) is 5.52. The van der Waals surface area contributed by atoms with Crippen LogP contribution >= 0.6 is 0 Å². The average Bonchev–Trinajstić information content (AvgIpc) is 2.28. The summed E-state index contributed by atoms with van der Waals surface area (Å²) < 4.78 is 36.7. The summed E-state index contributed by atoms with van der Waals surface area (Å²) in [6, 6.07) is 2.62. The maximum absolute atomic E-state index is 12.2. The molecule has 1 aromatic heterocycles. The number of rotatable bonds is 5. The summed E-state index contributed by atoms with van der Waals surface area (Å²) in [5.41, 5.74) is -0.979. The average molecular weight is 262 g/mol. The van der Waals surface area contributed by atoms with E-state index in [4.69, 9.17) is 0 Å². The summed E-state index contributed by atoms with van der Waals surface area (Å²) in [7, 11) is 1.98. The molecule has 0 bridgehead atoms. The molecule has 7 heteroatoms. The molecule has 1 heterocycles. The number of nitrogens with one attached hydrogen (secondary N) is 1. The number of halogens is 3. The molecule has 0 fully saturated rings. The van der Waals surface area contributed by atoms with Gasteiger partial charge < -0.3 is 10.2 Å². The quantitative estimate of drug-likeness (QED) is 0.883. The smallest absolute Gasteiger partial charge is 0.367 e. The van der Waals surface area contributed by atoms with E-state index in [2.05, 4.69) is 34.3 Å². The number of alkyl halides is 3. The lowest BCUT2D eigenvalue weighted by atomic mass is 10.3. The first kappa shape index (κ1) is 14.7. The molecule has 0 radical (unpaired) electrons. The predicted octanol–water partition coefficient (Wildman–Crippen LogP) is 2.25. The fourth-order valence-electron chi connectivity index (χ4n) is 1.20. The SMILES string of the molecule is CC(C)N(C)CCNc1ccc(C(F)(F)F)nn1. The zero-order chi connectivity index (χ0) is 13.8. The lowest BCUT2D eigenvalue weighted by molar-refractivity contribution is -0.141. The van der Waals surface area contributed by atoms with Crippen LogP contribution in [0.15, 0.2) is 12.1 Å². The maximum Gasteiger partial charge on any atom is 0.435 e. The molecular formula is C11H17F3N4. The summed E-state index contributed by atoms with van der Waals surface area (Å²) in [5, 5.41) is 9.55. The Labute approximate surface area is 104 Å². The number of aromatic nitrogens is 2. The van der Waals surface area contributed by atoms with Crippen LogP contribution in [0.3, 0.4) is 0 Å². The van der Waals surface area contributed by atoms with Crippen LogP contribution in [0.1, 0.15) is 19.5 Å². The van der Waals surface area contributed by atoms with Crippen molar-refractivity contribution in [2.24, 2.45) is 0 Å². The highest BCUT2D eigenvalue weighted by Crippen LogP contribution is 2.26. The first-order valence-corrected chi connectivity index (χ1v) is 5.65. The van der Waals surface area contributed by atoms with Crippen molar-refractivity contribution in [3.05, 3.63) is 17.8 Å². The maximum atomic E-state index is 12.2. The first-order valence-electron chi connectivity index (χ1n) is 5.65. The van der Waals surface area contributed by atoms with E-state index in [0.717, 1.165) is 12.6 Å². The number of anilines is 1. The monoisotopic (exact) mass is 262 g/mol. The zero-order valence-electron chi connectivity index (χ0n) is 10.6. The Morgan fingerprint density at radius 3 is 2.39 bits per heavy atom. The van der Waals surface area contributed by atoms with Gasteiger partial charge in [-0.3, -0.25) is 0 Å². The topological polar surface area (TPSA) is 41.0 Å².